The maximum absolute atomic E-state index is 5.41. The van der Waals surface area contributed by atoms with E-state index in [2.05, 4.69) is 13.8 Å². The first-order valence-corrected chi connectivity index (χ1v) is 5.54. The van der Waals surface area contributed by atoms with E-state index in [1.807, 2.05) is 0 Å². The van der Waals surface area contributed by atoms with Crippen molar-refractivity contribution in [2.75, 3.05) is 13.7 Å². The van der Waals surface area contributed by atoms with E-state index in [1.165, 1.54) is 19.3 Å². The van der Waals surface area contributed by atoms with Gasteiger partial charge in [-0.3, -0.25) is 0 Å². The minimum absolute atomic E-state index is 0.465. The Hall–Kier alpha value is -0.120. The van der Waals surface area contributed by atoms with Crippen molar-refractivity contribution in [2.24, 2.45) is 5.92 Å². The van der Waals surface area contributed by atoms with Crippen LogP contribution in [0.3, 0.4) is 0 Å². The van der Waals surface area contributed by atoms with E-state index in [1.54, 1.807) is 7.11 Å². The molecule has 0 aromatic carbocycles. The molecule has 0 unspecified atom stereocenters. The van der Waals surface area contributed by atoms with E-state index in [0.29, 0.717) is 12.5 Å². The molecule has 0 amide bonds. The zero-order valence-electron chi connectivity index (χ0n) is 9.54. The highest BCUT2D eigenvalue weighted by atomic mass is 17.2. The van der Waals surface area contributed by atoms with Crippen LogP contribution in [0.15, 0.2) is 0 Å². The molecule has 0 aromatic rings. The second kappa shape index (κ2) is 5.69. The third kappa shape index (κ3) is 3.56. The van der Waals surface area contributed by atoms with E-state index < -0.39 is 5.79 Å². The lowest BCUT2D eigenvalue weighted by molar-refractivity contribution is -0.433. The predicted molar refractivity (Wildman–Crippen MR) is 54.7 cm³/mol. The SMILES string of the molecule is COC1(OOCC(C)C)CCCCC1. The third-order valence-electron chi connectivity index (χ3n) is 2.60. The molecule has 0 radical (unpaired) electrons. The van der Waals surface area contributed by atoms with Gasteiger partial charge in [0, 0.05) is 20.0 Å². The second-order valence-electron chi connectivity index (χ2n) is 4.44. The largest absolute Gasteiger partial charge is 0.351 e. The molecule has 3 heteroatoms. The van der Waals surface area contributed by atoms with Gasteiger partial charge in [-0.15, -0.1) is 0 Å². The molecular weight excluding hydrogens is 180 g/mol. The summed E-state index contributed by atoms with van der Waals surface area (Å²) in [6.07, 6.45) is 5.50. The first kappa shape index (κ1) is 12.0. The van der Waals surface area contributed by atoms with Gasteiger partial charge in [0.2, 0.25) is 5.79 Å². The van der Waals surface area contributed by atoms with E-state index in [0.717, 1.165) is 12.8 Å². The molecule has 1 fully saturated rings. The molecule has 0 N–H and O–H groups in total. The number of methoxy groups -OCH3 is 1. The van der Waals surface area contributed by atoms with Gasteiger partial charge in [0.05, 0.1) is 6.61 Å². The lowest BCUT2D eigenvalue weighted by atomic mass is 9.94. The van der Waals surface area contributed by atoms with Gasteiger partial charge in [-0.05, 0) is 18.8 Å². The maximum atomic E-state index is 5.41. The number of rotatable bonds is 5. The van der Waals surface area contributed by atoms with Gasteiger partial charge in [0.1, 0.15) is 0 Å². The minimum atomic E-state index is -0.465. The summed E-state index contributed by atoms with van der Waals surface area (Å²) in [7, 11) is 1.70. The van der Waals surface area contributed by atoms with Crippen LogP contribution < -0.4 is 0 Å². The van der Waals surface area contributed by atoms with E-state index in [9.17, 15) is 0 Å². The molecular formula is C11H22O3. The molecule has 84 valence electrons. The van der Waals surface area contributed by atoms with Crippen molar-refractivity contribution in [2.45, 2.75) is 51.7 Å². The summed E-state index contributed by atoms with van der Waals surface area (Å²) >= 11 is 0. The Kier molecular flexibility index (Phi) is 4.85. The molecule has 0 aromatic heterocycles. The average Bonchev–Trinajstić information content (AvgIpc) is 2.19. The Morgan fingerprint density at radius 1 is 1.14 bits per heavy atom. The summed E-state index contributed by atoms with van der Waals surface area (Å²) in [6.45, 7) is 4.83. The molecule has 0 aliphatic heterocycles. The molecule has 1 rings (SSSR count). The van der Waals surface area contributed by atoms with Crippen molar-refractivity contribution in [3.05, 3.63) is 0 Å². The summed E-state index contributed by atoms with van der Waals surface area (Å²) in [5.41, 5.74) is 0. The van der Waals surface area contributed by atoms with Crippen LogP contribution in [0, 0.1) is 5.92 Å². The van der Waals surface area contributed by atoms with E-state index in [-0.39, 0.29) is 0 Å². The quantitative estimate of drug-likeness (QED) is 0.390. The van der Waals surface area contributed by atoms with Gasteiger partial charge >= 0.3 is 0 Å². The zero-order chi connectivity index (χ0) is 10.4. The smallest absolute Gasteiger partial charge is 0.201 e. The molecule has 1 aliphatic carbocycles. The molecule has 0 heterocycles. The normalized spacial score (nSPS) is 21.4. The fraction of sp³-hybridized carbons (Fsp3) is 1.00. The van der Waals surface area contributed by atoms with Gasteiger partial charge in [0.25, 0.3) is 0 Å². The zero-order valence-corrected chi connectivity index (χ0v) is 9.54. The third-order valence-corrected chi connectivity index (χ3v) is 2.60. The van der Waals surface area contributed by atoms with E-state index in [4.69, 9.17) is 14.5 Å². The summed E-state index contributed by atoms with van der Waals surface area (Å²) < 4.78 is 5.41. The van der Waals surface area contributed by atoms with Crippen molar-refractivity contribution in [1.29, 1.82) is 0 Å². The number of hydrogen-bond acceptors (Lipinski definition) is 3. The van der Waals surface area contributed by atoms with Gasteiger partial charge < -0.3 is 4.74 Å². The molecule has 3 nitrogen and oxygen atoms in total. The highest BCUT2D eigenvalue weighted by Crippen LogP contribution is 2.32. The fourth-order valence-electron chi connectivity index (χ4n) is 1.69. The van der Waals surface area contributed by atoms with Gasteiger partial charge in [-0.25, -0.2) is 9.78 Å². The van der Waals surface area contributed by atoms with Crippen molar-refractivity contribution < 1.29 is 14.5 Å². The van der Waals surface area contributed by atoms with Crippen molar-refractivity contribution in [3.8, 4) is 0 Å². The van der Waals surface area contributed by atoms with Crippen LogP contribution in [0.4, 0.5) is 0 Å². The molecule has 0 spiro atoms. The first-order chi connectivity index (χ1) is 6.68. The molecule has 1 aliphatic rings. The molecule has 1 saturated carbocycles. The lowest BCUT2D eigenvalue weighted by Crippen LogP contribution is -2.37. The molecule has 0 bridgehead atoms. The van der Waals surface area contributed by atoms with Crippen LogP contribution in [-0.2, 0) is 14.5 Å². The van der Waals surface area contributed by atoms with Crippen molar-refractivity contribution in [1.82, 2.24) is 0 Å². The van der Waals surface area contributed by atoms with Crippen molar-refractivity contribution in [3.63, 3.8) is 0 Å². The van der Waals surface area contributed by atoms with Crippen LogP contribution in [0.5, 0.6) is 0 Å². The highest BCUT2D eigenvalue weighted by Gasteiger charge is 2.34. The Balaban J connectivity index is 2.29. The number of hydrogen-bond donors (Lipinski definition) is 0. The van der Waals surface area contributed by atoms with Gasteiger partial charge in [-0.2, -0.15) is 0 Å². The van der Waals surface area contributed by atoms with Gasteiger partial charge in [0.15, 0.2) is 0 Å². The highest BCUT2D eigenvalue weighted by molar-refractivity contribution is 4.73. The predicted octanol–water partition coefficient (Wildman–Crippen LogP) is 2.90. The minimum Gasteiger partial charge on any atom is -0.351 e. The van der Waals surface area contributed by atoms with Crippen molar-refractivity contribution >= 4 is 0 Å². The summed E-state index contributed by atoms with van der Waals surface area (Å²) in [6, 6.07) is 0. The fourth-order valence-corrected chi connectivity index (χ4v) is 1.69. The second-order valence-corrected chi connectivity index (χ2v) is 4.44. The van der Waals surface area contributed by atoms with Crippen LogP contribution in [0.1, 0.15) is 46.0 Å². The molecule has 14 heavy (non-hydrogen) atoms. The standard InChI is InChI=1S/C11H22O3/c1-10(2)9-13-14-11(12-3)7-5-4-6-8-11/h10H,4-9H2,1-3H3. The average molecular weight is 202 g/mol. The lowest BCUT2D eigenvalue weighted by Gasteiger charge is -2.34. The summed E-state index contributed by atoms with van der Waals surface area (Å²) in [5, 5.41) is 0. The van der Waals surface area contributed by atoms with Crippen LogP contribution in [-0.4, -0.2) is 19.5 Å². The summed E-state index contributed by atoms with van der Waals surface area (Å²) in [5.74, 6) is 0.0279. The monoisotopic (exact) mass is 202 g/mol. The number of ether oxygens (including phenoxy) is 1. The van der Waals surface area contributed by atoms with Crippen LogP contribution in [0.2, 0.25) is 0 Å². The molecule has 0 saturated heterocycles. The topological polar surface area (TPSA) is 27.7 Å². The van der Waals surface area contributed by atoms with Gasteiger partial charge in [-0.1, -0.05) is 20.3 Å². The Bertz CT molecular complexity index is 151. The Morgan fingerprint density at radius 3 is 2.29 bits per heavy atom. The van der Waals surface area contributed by atoms with E-state index >= 15 is 0 Å². The van der Waals surface area contributed by atoms with Crippen LogP contribution >= 0.6 is 0 Å². The Labute approximate surface area is 86.7 Å². The summed E-state index contributed by atoms with van der Waals surface area (Å²) in [4.78, 5) is 10.6. The molecule has 0 atom stereocenters. The first-order valence-electron chi connectivity index (χ1n) is 5.54. The maximum Gasteiger partial charge on any atom is 0.201 e. The Morgan fingerprint density at radius 2 is 1.79 bits per heavy atom. The van der Waals surface area contributed by atoms with Crippen LogP contribution in [0.25, 0.3) is 0 Å².